The number of thiazole rings is 1. The lowest BCUT2D eigenvalue weighted by Gasteiger charge is -2.33. The van der Waals surface area contributed by atoms with Gasteiger partial charge >= 0.3 is 0 Å². The molecule has 1 saturated heterocycles. The van der Waals surface area contributed by atoms with Gasteiger partial charge in [0.25, 0.3) is 0 Å². The first-order chi connectivity index (χ1) is 9.86. The highest BCUT2D eigenvalue weighted by Crippen LogP contribution is 2.23. The summed E-state index contributed by atoms with van der Waals surface area (Å²) < 4.78 is 5.37. The number of hydrogen-bond acceptors (Lipinski definition) is 6. The van der Waals surface area contributed by atoms with Crippen LogP contribution in [0.1, 0.15) is 24.6 Å². The van der Waals surface area contributed by atoms with E-state index in [4.69, 9.17) is 4.42 Å². The zero-order chi connectivity index (χ0) is 13.8. The second-order valence-corrected chi connectivity index (χ2v) is 5.87. The Bertz CT molecular complexity index is 492. The number of hydrogen-bond donors (Lipinski definition) is 2. The summed E-state index contributed by atoms with van der Waals surface area (Å²) in [5.41, 5.74) is 0. The number of rotatable bonds is 5. The Hall–Kier alpha value is -1.37. The smallest absolute Gasteiger partial charge is 0.185 e. The number of aliphatic hydroxyl groups excluding tert-OH is 1. The minimum atomic E-state index is -0.110. The maximum absolute atomic E-state index is 9.49. The molecule has 2 N–H and O–H groups in total. The fraction of sp³-hybridized carbons (Fsp3) is 0.500. The summed E-state index contributed by atoms with van der Waals surface area (Å²) in [6, 6.07) is 4.05. The van der Waals surface area contributed by atoms with Crippen molar-refractivity contribution < 1.29 is 9.52 Å². The van der Waals surface area contributed by atoms with Gasteiger partial charge in [0.05, 0.1) is 18.9 Å². The fourth-order valence-corrected chi connectivity index (χ4v) is 3.31. The van der Waals surface area contributed by atoms with Crippen molar-refractivity contribution in [3.05, 3.63) is 35.7 Å². The molecule has 0 aromatic carbocycles. The highest BCUT2D eigenvalue weighted by atomic mass is 32.1. The van der Waals surface area contributed by atoms with Crippen LogP contribution in [0.4, 0.5) is 5.13 Å². The van der Waals surface area contributed by atoms with Gasteiger partial charge in [0.2, 0.25) is 0 Å². The highest BCUT2D eigenvalue weighted by molar-refractivity contribution is 7.13. The molecule has 0 unspecified atom stereocenters. The van der Waals surface area contributed by atoms with Crippen LogP contribution in [0.5, 0.6) is 0 Å². The molecular weight excluding hydrogens is 274 g/mol. The van der Waals surface area contributed by atoms with Crippen LogP contribution < -0.4 is 10.2 Å². The second kappa shape index (κ2) is 6.39. The van der Waals surface area contributed by atoms with Crippen molar-refractivity contribution in [2.45, 2.75) is 24.9 Å². The van der Waals surface area contributed by atoms with E-state index in [1.165, 1.54) is 0 Å². The Labute approximate surface area is 122 Å². The van der Waals surface area contributed by atoms with Gasteiger partial charge in [0.15, 0.2) is 5.13 Å². The Kier molecular flexibility index (Phi) is 4.34. The highest BCUT2D eigenvalue weighted by Gasteiger charge is 2.24. The summed E-state index contributed by atoms with van der Waals surface area (Å²) >= 11 is 1.69. The third-order valence-corrected chi connectivity index (χ3v) is 4.52. The first kappa shape index (κ1) is 13.6. The van der Waals surface area contributed by atoms with Crippen LogP contribution in [-0.4, -0.2) is 35.8 Å². The molecule has 1 aliphatic heterocycles. The minimum absolute atomic E-state index is 0.0558. The van der Waals surface area contributed by atoms with Gasteiger partial charge in [-0.25, -0.2) is 4.98 Å². The summed E-state index contributed by atoms with van der Waals surface area (Å²) in [5, 5.41) is 16.1. The van der Waals surface area contributed by atoms with E-state index in [9.17, 15) is 5.11 Å². The molecule has 108 valence electrons. The number of aliphatic hydroxyl groups is 1. The zero-order valence-electron chi connectivity index (χ0n) is 11.2. The Morgan fingerprint density at radius 2 is 2.35 bits per heavy atom. The van der Waals surface area contributed by atoms with Crippen LogP contribution in [0.25, 0.3) is 0 Å². The first-order valence-corrected chi connectivity index (χ1v) is 7.79. The standard InChI is InChI=1S/C14H19N3O2S/c18-10-12(13-2-1-8-19-13)16-11-3-6-17(7-4-11)14-15-5-9-20-14/h1-2,5,8-9,11-12,16,18H,3-4,6-7,10H2/t12-/m0/s1. The number of aromatic nitrogens is 1. The Morgan fingerprint density at radius 1 is 1.50 bits per heavy atom. The van der Waals surface area contributed by atoms with Gasteiger partial charge in [0.1, 0.15) is 5.76 Å². The molecule has 0 amide bonds. The van der Waals surface area contributed by atoms with Crippen molar-refractivity contribution in [1.29, 1.82) is 0 Å². The van der Waals surface area contributed by atoms with Crippen molar-refractivity contribution in [1.82, 2.24) is 10.3 Å². The van der Waals surface area contributed by atoms with E-state index in [1.54, 1.807) is 17.6 Å². The lowest BCUT2D eigenvalue weighted by Crippen LogP contribution is -2.44. The summed E-state index contributed by atoms with van der Waals surface area (Å²) in [6.45, 7) is 2.06. The molecule has 2 aromatic heterocycles. The number of nitrogens with zero attached hydrogens (tertiary/aromatic N) is 2. The molecule has 6 heteroatoms. The van der Waals surface area contributed by atoms with E-state index in [-0.39, 0.29) is 12.6 Å². The molecule has 1 fully saturated rings. The molecular formula is C14H19N3O2S. The van der Waals surface area contributed by atoms with E-state index in [0.717, 1.165) is 36.8 Å². The molecule has 0 radical (unpaired) electrons. The lowest BCUT2D eigenvalue weighted by atomic mass is 10.0. The van der Waals surface area contributed by atoms with E-state index < -0.39 is 0 Å². The molecule has 0 saturated carbocycles. The van der Waals surface area contributed by atoms with Crippen molar-refractivity contribution in [2.24, 2.45) is 0 Å². The Balaban J connectivity index is 1.53. The van der Waals surface area contributed by atoms with Gasteiger partial charge in [-0.15, -0.1) is 11.3 Å². The van der Waals surface area contributed by atoms with Crippen LogP contribution in [0, 0.1) is 0 Å². The quantitative estimate of drug-likeness (QED) is 0.883. The summed E-state index contributed by atoms with van der Waals surface area (Å²) in [6.07, 6.45) is 5.60. The number of anilines is 1. The number of furan rings is 1. The monoisotopic (exact) mass is 293 g/mol. The van der Waals surface area contributed by atoms with Crippen LogP contribution >= 0.6 is 11.3 Å². The van der Waals surface area contributed by atoms with Crippen molar-refractivity contribution in [2.75, 3.05) is 24.6 Å². The van der Waals surface area contributed by atoms with Gasteiger partial charge in [-0.05, 0) is 25.0 Å². The molecule has 3 heterocycles. The van der Waals surface area contributed by atoms with Crippen LogP contribution in [0.15, 0.2) is 34.4 Å². The topological polar surface area (TPSA) is 61.5 Å². The average Bonchev–Trinajstić information content (AvgIpc) is 3.18. The van der Waals surface area contributed by atoms with Crippen LogP contribution in [0.2, 0.25) is 0 Å². The molecule has 1 aliphatic rings. The molecule has 5 nitrogen and oxygen atoms in total. The maximum atomic E-state index is 9.49. The summed E-state index contributed by atoms with van der Waals surface area (Å²) in [4.78, 5) is 6.67. The van der Waals surface area contributed by atoms with Crippen molar-refractivity contribution >= 4 is 16.5 Å². The summed E-state index contributed by atoms with van der Waals surface area (Å²) in [5.74, 6) is 0.801. The SMILES string of the molecule is OC[C@H](NC1CCN(c2nccs2)CC1)c1ccco1. The summed E-state index contributed by atoms with van der Waals surface area (Å²) in [7, 11) is 0. The van der Waals surface area contributed by atoms with E-state index in [1.807, 2.05) is 23.7 Å². The fourth-order valence-electron chi connectivity index (χ4n) is 2.61. The van der Waals surface area contributed by atoms with E-state index in [2.05, 4.69) is 15.2 Å². The van der Waals surface area contributed by atoms with Crippen molar-refractivity contribution in [3.8, 4) is 0 Å². The molecule has 3 rings (SSSR count). The molecule has 0 bridgehead atoms. The average molecular weight is 293 g/mol. The third-order valence-electron chi connectivity index (χ3n) is 3.69. The van der Waals surface area contributed by atoms with Crippen molar-refractivity contribution in [3.63, 3.8) is 0 Å². The van der Waals surface area contributed by atoms with Gasteiger partial charge in [0, 0.05) is 30.7 Å². The molecule has 2 aromatic rings. The molecule has 20 heavy (non-hydrogen) atoms. The lowest BCUT2D eigenvalue weighted by molar-refractivity contribution is 0.207. The predicted octanol–water partition coefficient (Wildman–Crippen LogP) is 2.03. The van der Waals surface area contributed by atoms with E-state index in [0.29, 0.717) is 6.04 Å². The first-order valence-electron chi connectivity index (χ1n) is 6.91. The van der Waals surface area contributed by atoms with E-state index >= 15 is 0 Å². The molecule has 1 atom stereocenters. The zero-order valence-corrected chi connectivity index (χ0v) is 12.1. The third kappa shape index (κ3) is 3.03. The van der Waals surface area contributed by atoms with Gasteiger partial charge in [-0.2, -0.15) is 0 Å². The normalized spacial score (nSPS) is 18.4. The minimum Gasteiger partial charge on any atom is -0.468 e. The predicted molar refractivity (Wildman–Crippen MR) is 79.0 cm³/mol. The van der Waals surface area contributed by atoms with Crippen LogP contribution in [0.3, 0.4) is 0 Å². The second-order valence-electron chi connectivity index (χ2n) is 4.99. The number of nitrogens with one attached hydrogen (secondary N) is 1. The molecule has 0 aliphatic carbocycles. The van der Waals surface area contributed by atoms with Gasteiger partial charge in [-0.1, -0.05) is 0 Å². The Morgan fingerprint density at radius 3 is 2.95 bits per heavy atom. The maximum Gasteiger partial charge on any atom is 0.185 e. The van der Waals surface area contributed by atoms with Crippen LogP contribution in [-0.2, 0) is 0 Å². The number of piperidine rings is 1. The molecule has 0 spiro atoms. The van der Waals surface area contributed by atoms with Gasteiger partial charge < -0.3 is 19.7 Å². The van der Waals surface area contributed by atoms with Gasteiger partial charge in [-0.3, -0.25) is 0 Å². The largest absolute Gasteiger partial charge is 0.468 e.